The van der Waals surface area contributed by atoms with Gasteiger partial charge in [-0.3, -0.25) is 9.59 Å². The van der Waals surface area contributed by atoms with Gasteiger partial charge in [0.25, 0.3) is 0 Å². The van der Waals surface area contributed by atoms with E-state index in [1.54, 1.807) is 12.3 Å². The van der Waals surface area contributed by atoms with Crippen LogP contribution in [0.4, 0.5) is 0 Å². The predicted octanol–water partition coefficient (Wildman–Crippen LogP) is 1.79. The van der Waals surface area contributed by atoms with E-state index in [1.807, 2.05) is 13.8 Å². The van der Waals surface area contributed by atoms with Gasteiger partial charge in [0, 0.05) is 0 Å². The summed E-state index contributed by atoms with van der Waals surface area (Å²) >= 11 is 1.13. The molecule has 0 spiro atoms. The zero-order chi connectivity index (χ0) is 10.9. The van der Waals surface area contributed by atoms with Crippen molar-refractivity contribution >= 4 is 22.8 Å². The van der Waals surface area contributed by atoms with Crippen LogP contribution < -0.4 is 0 Å². The van der Waals surface area contributed by atoms with E-state index in [9.17, 15) is 9.59 Å². The second-order valence-corrected chi connectivity index (χ2v) is 4.86. The predicted molar refractivity (Wildman–Crippen MR) is 56.1 cm³/mol. The number of allylic oxidation sites excluding steroid dienone is 1. The summed E-state index contributed by atoms with van der Waals surface area (Å²) in [6.07, 6.45) is 4.90. The fourth-order valence-electron chi connectivity index (χ4n) is 1.76. The Balaban J connectivity index is 2.61. The van der Waals surface area contributed by atoms with E-state index in [2.05, 4.69) is 0 Å². The average molecular weight is 214 g/mol. The maximum Gasteiger partial charge on any atom is 0.307 e. The highest BCUT2D eigenvalue weighted by Gasteiger charge is 2.60. The Kier molecular flexibility index (Phi) is 3.04. The summed E-state index contributed by atoms with van der Waals surface area (Å²) in [5.74, 6) is -1.12. The number of aliphatic carboxylic acids is 1. The Labute approximate surface area is 87.6 Å². The minimum atomic E-state index is -0.777. The Morgan fingerprint density at radius 2 is 2.00 bits per heavy atom. The summed E-state index contributed by atoms with van der Waals surface area (Å²) < 4.78 is 0. The second-order valence-electron chi connectivity index (χ2n) is 4.05. The largest absolute Gasteiger partial charge is 0.481 e. The van der Waals surface area contributed by atoms with Crippen molar-refractivity contribution in [2.24, 2.45) is 17.3 Å². The molecule has 3 nitrogen and oxygen atoms in total. The molecule has 0 amide bonds. The van der Waals surface area contributed by atoms with Crippen LogP contribution in [0.1, 0.15) is 13.8 Å². The second kappa shape index (κ2) is 3.77. The van der Waals surface area contributed by atoms with E-state index in [0.29, 0.717) is 0 Å². The SMILES string of the molecule is CSC(=O)C=CC1C(C(=O)O)C1(C)C. The molecule has 0 radical (unpaired) electrons. The molecule has 1 aliphatic carbocycles. The highest BCUT2D eigenvalue weighted by Crippen LogP contribution is 2.59. The van der Waals surface area contributed by atoms with Crippen molar-refractivity contribution in [3.63, 3.8) is 0 Å². The summed E-state index contributed by atoms with van der Waals surface area (Å²) in [6, 6.07) is 0. The van der Waals surface area contributed by atoms with Crippen LogP contribution >= 0.6 is 11.8 Å². The van der Waals surface area contributed by atoms with Gasteiger partial charge in [-0.1, -0.05) is 31.7 Å². The first-order valence-electron chi connectivity index (χ1n) is 4.40. The lowest BCUT2D eigenvalue weighted by atomic mass is 10.1. The van der Waals surface area contributed by atoms with Crippen LogP contribution in [0.5, 0.6) is 0 Å². The maximum atomic E-state index is 11.0. The third kappa shape index (κ3) is 2.00. The molecule has 78 valence electrons. The molecule has 1 fully saturated rings. The van der Waals surface area contributed by atoms with Crippen molar-refractivity contribution in [1.29, 1.82) is 0 Å². The van der Waals surface area contributed by atoms with E-state index < -0.39 is 5.97 Å². The first-order valence-corrected chi connectivity index (χ1v) is 5.62. The van der Waals surface area contributed by atoms with Crippen LogP contribution in [0.15, 0.2) is 12.2 Å². The number of carboxylic acid groups (broad SMARTS) is 1. The van der Waals surface area contributed by atoms with Crippen LogP contribution in [0.2, 0.25) is 0 Å². The Morgan fingerprint density at radius 1 is 1.43 bits per heavy atom. The van der Waals surface area contributed by atoms with Crippen molar-refractivity contribution in [3.05, 3.63) is 12.2 Å². The minimum Gasteiger partial charge on any atom is -0.481 e. The topological polar surface area (TPSA) is 54.4 Å². The first-order chi connectivity index (χ1) is 6.41. The highest BCUT2D eigenvalue weighted by atomic mass is 32.2. The maximum absolute atomic E-state index is 11.0. The van der Waals surface area contributed by atoms with E-state index >= 15 is 0 Å². The van der Waals surface area contributed by atoms with E-state index in [0.717, 1.165) is 11.8 Å². The number of carbonyl (C=O) groups is 2. The van der Waals surface area contributed by atoms with Gasteiger partial charge >= 0.3 is 5.97 Å². The van der Waals surface area contributed by atoms with Crippen LogP contribution in [-0.4, -0.2) is 22.4 Å². The van der Waals surface area contributed by atoms with Gasteiger partial charge in [0.1, 0.15) is 0 Å². The molecule has 0 aromatic carbocycles. The smallest absolute Gasteiger partial charge is 0.307 e. The molecule has 2 atom stereocenters. The van der Waals surface area contributed by atoms with Gasteiger partial charge in [0.05, 0.1) is 5.92 Å². The summed E-state index contributed by atoms with van der Waals surface area (Å²) in [6.45, 7) is 3.81. The fraction of sp³-hybridized carbons (Fsp3) is 0.600. The van der Waals surface area contributed by atoms with Crippen LogP contribution in [0, 0.1) is 17.3 Å². The van der Waals surface area contributed by atoms with Gasteiger partial charge in [-0.15, -0.1) is 0 Å². The first kappa shape index (κ1) is 11.3. The zero-order valence-corrected chi connectivity index (χ0v) is 9.30. The minimum absolute atomic E-state index is 0.00361. The highest BCUT2D eigenvalue weighted by molar-refractivity contribution is 8.13. The third-order valence-corrected chi connectivity index (χ3v) is 3.36. The Morgan fingerprint density at radius 3 is 2.36 bits per heavy atom. The third-order valence-electron chi connectivity index (χ3n) is 2.82. The lowest BCUT2D eigenvalue weighted by Gasteiger charge is -1.96. The van der Waals surface area contributed by atoms with Crippen LogP contribution in [0.25, 0.3) is 0 Å². The summed E-state index contributed by atoms with van der Waals surface area (Å²) in [5, 5.41) is 8.83. The molecule has 1 rings (SSSR count). The molecular weight excluding hydrogens is 200 g/mol. The van der Waals surface area contributed by atoms with E-state index in [-0.39, 0.29) is 22.4 Å². The van der Waals surface area contributed by atoms with Gasteiger partial charge in [-0.25, -0.2) is 0 Å². The number of hydrogen-bond acceptors (Lipinski definition) is 3. The molecule has 4 heteroatoms. The van der Waals surface area contributed by atoms with Crippen LogP contribution in [-0.2, 0) is 9.59 Å². The number of carbonyl (C=O) groups excluding carboxylic acids is 1. The van der Waals surface area contributed by atoms with Crippen LogP contribution in [0.3, 0.4) is 0 Å². The summed E-state index contributed by atoms with van der Waals surface area (Å²) in [5.41, 5.74) is -0.207. The van der Waals surface area contributed by atoms with Crippen molar-refractivity contribution in [2.75, 3.05) is 6.26 Å². The van der Waals surface area contributed by atoms with Crippen molar-refractivity contribution in [2.45, 2.75) is 13.8 Å². The van der Waals surface area contributed by atoms with Crippen molar-refractivity contribution in [3.8, 4) is 0 Å². The Hall–Kier alpha value is -0.770. The molecule has 1 N–H and O–H groups in total. The number of thioether (sulfide) groups is 1. The number of carboxylic acids is 1. The molecule has 14 heavy (non-hydrogen) atoms. The molecule has 1 aliphatic rings. The quantitative estimate of drug-likeness (QED) is 0.728. The van der Waals surface area contributed by atoms with Gasteiger partial charge in [-0.05, 0) is 23.7 Å². The lowest BCUT2D eigenvalue weighted by molar-refractivity contribution is -0.139. The van der Waals surface area contributed by atoms with Gasteiger partial charge in [0.2, 0.25) is 5.12 Å². The normalized spacial score (nSPS) is 29.1. The zero-order valence-electron chi connectivity index (χ0n) is 8.48. The number of hydrogen-bond donors (Lipinski definition) is 1. The summed E-state index contributed by atoms with van der Waals surface area (Å²) in [7, 11) is 0. The Bertz CT molecular complexity index is 294. The molecule has 0 saturated heterocycles. The summed E-state index contributed by atoms with van der Waals surface area (Å²) in [4.78, 5) is 21.7. The van der Waals surface area contributed by atoms with E-state index in [1.165, 1.54) is 6.08 Å². The van der Waals surface area contributed by atoms with E-state index in [4.69, 9.17) is 5.11 Å². The molecular formula is C10H14O3S. The molecule has 0 aromatic rings. The standard InChI is InChI=1S/C10H14O3S/c1-10(2)6(8(10)9(12)13)4-5-7(11)14-3/h4-6,8H,1-3H3,(H,12,13). The average Bonchev–Trinajstić information content (AvgIpc) is 2.64. The molecule has 0 aliphatic heterocycles. The molecule has 0 heterocycles. The molecule has 0 bridgehead atoms. The van der Waals surface area contributed by atoms with Gasteiger partial charge in [0.15, 0.2) is 0 Å². The monoisotopic (exact) mass is 214 g/mol. The molecule has 0 aromatic heterocycles. The lowest BCUT2D eigenvalue weighted by Crippen LogP contribution is -2.03. The molecule has 1 saturated carbocycles. The van der Waals surface area contributed by atoms with Crippen molar-refractivity contribution < 1.29 is 14.7 Å². The van der Waals surface area contributed by atoms with Gasteiger partial charge in [-0.2, -0.15) is 0 Å². The fourth-order valence-corrected chi connectivity index (χ4v) is 1.97. The van der Waals surface area contributed by atoms with Crippen molar-refractivity contribution in [1.82, 2.24) is 0 Å². The van der Waals surface area contributed by atoms with Gasteiger partial charge < -0.3 is 5.11 Å². The number of rotatable bonds is 3. The molecule has 2 unspecified atom stereocenters.